The van der Waals surface area contributed by atoms with Crippen molar-refractivity contribution >= 4 is 29.1 Å². The predicted molar refractivity (Wildman–Crippen MR) is 141 cm³/mol. The van der Waals surface area contributed by atoms with Crippen LogP contribution >= 0.6 is 8.03 Å². The van der Waals surface area contributed by atoms with E-state index in [4.69, 9.17) is 14.2 Å². The Hall–Kier alpha value is -2.66. The lowest BCUT2D eigenvalue weighted by Crippen LogP contribution is -2.39. The van der Waals surface area contributed by atoms with Crippen molar-refractivity contribution in [2.45, 2.75) is 44.4 Å². The van der Waals surface area contributed by atoms with Gasteiger partial charge in [0.1, 0.15) is 17.1 Å². The molecule has 0 spiro atoms. The first kappa shape index (κ1) is 27.4. The quantitative estimate of drug-likeness (QED) is 0.379. The molecule has 0 radical (unpaired) electrons. The lowest BCUT2D eigenvalue weighted by molar-refractivity contribution is 0.285. The number of aromatic amines is 1. The second kappa shape index (κ2) is 11.4. The molecule has 3 aromatic rings. The van der Waals surface area contributed by atoms with E-state index in [1.54, 1.807) is 13.1 Å². The first-order chi connectivity index (χ1) is 17.7. The molecule has 0 amide bonds. The van der Waals surface area contributed by atoms with Gasteiger partial charge in [-0.05, 0) is 49.0 Å². The van der Waals surface area contributed by atoms with Crippen LogP contribution in [0.3, 0.4) is 0 Å². The zero-order valence-corrected chi connectivity index (χ0v) is 23.3. The smallest absolute Gasteiger partial charge is 0.493 e. The summed E-state index contributed by atoms with van der Waals surface area (Å²) in [7, 11) is -2.41. The highest BCUT2D eigenvalue weighted by atomic mass is 32.2. The molecule has 1 fully saturated rings. The molecule has 13 heteroatoms. The summed E-state index contributed by atoms with van der Waals surface area (Å²) in [5.41, 5.74) is 1.61. The van der Waals surface area contributed by atoms with Crippen molar-refractivity contribution < 1.29 is 22.2 Å². The number of rotatable bonds is 10. The van der Waals surface area contributed by atoms with E-state index in [0.717, 1.165) is 6.42 Å². The van der Waals surface area contributed by atoms with Gasteiger partial charge in [-0.1, -0.05) is 13.3 Å². The number of nitrogens with one attached hydrogen (secondary N) is 1. The molecule has 0 saturated carbocycles. The number of fused-ring (bicyclic) bond motifs is 1. The Balaban J connectivity index is 1.72. The van der Waals surface area contributed by atoms with Crippen molar-refractivity contribution in [3.05, 3.63) is 34.2 Å². The van der Waals surface area contributed by atoms with Crippen LogP contribution in [-0.2, 0) is 32.6 Å². The zero-order chi connectivity index (χ0) is 26.7. The van der Waals surface area contributed by atoms with Crippen molar-refractivity contribution in [2.24, 2.45) is 13.0 Å². The first-order valence-corrected chi connectivity index (χ1v) is 15.2. The third-order valence-electron chi connectivity index (χ3n) is 6.58. The van der Waals surface area contributed by atoms with E-state index in [1.165, 1.54) is 28.2 Å². The molecule has 1 N–H and O–H groups in total. The Labute approximate surface area is 217 Å². The number of hydrogen-bond acceptors (Lipinski definition) is 8. The van der Waals surface area contributed by atoms with Gasteiger partial charge in [0, 0.05) is 26.1 Å². The van der Waals surface area contributed by atoms with E-state index in [-0.39, 0.29) is 22.2 Å². The minimum Gasteiger partial charge on any atom is -0.493 e. The number of hydrogen-bond donors (Lipinski definition) is 1. The first-order valence-electron chi connectivity index (χ1n) is 12.4. The van der Waals surface area contributed by atoms with Gasteiger partial charge in [0.05, 0.1) is 29.9 Å². The van der Waals surface area contributed by atoms with E-state index < -0.39 is 18.1 Å². The fraction of sp³-hybridized carbons (Fsp3) is 0.542. The fourth-order valence-electron chi connectivity index (χ4n) is 4.68. The number of ether oxygens (including phenoxy) is 1. The van der Waals surface area contributed by atoms with Crippen molar-refractivity contribution in [3.63, 3.8) is 0 Å². The van der Waals surface area contributed by atoms with E-state index in [9.17, 15) is 17.8 Å². The standard InChI is InChI=1S/C24H32N5O6PS/c1-5-7-19-21-22(28(3)27-19)24(30)26-23(25-21)18-14-17(8-9-20(18)35-6-2)37(32,33)29-12-10-16(11-13-29)15-36(31)34-4/h8-9,14,16H,5-7,10-13,15H2,1-4H3/p+1. The summed E-state index contributed by atoms with van der Waals surface area (Å²) < 4.78 is 52.5. The van der Waals surface area contributed by atoms with Gasteiger partial charge in [-0.25, -0.2) is 13.4 Å². The SMILES string of the molecule is CCCc1nn(C)c2c(=O)[nH]c(-c3cc(S(=O)(=O)N4CCC(C[P+](=O)OC)CC4)ccc3OCC)nc12. The molecule has 200 valence electrons. The average molecular weight is 551 g/mol. The van der Waals surface area contributed by atoms with E-state index in [0.29, 0.717) is 73.2 Å². The number of H-pyrrole nitrogens is 1. The molecule has 1 atom stereocenters. The number of aromatic nitrogens is 4. The summed E-state index contributed by atoms with van der Waals surface area (Å²) in [6.07, 6.45) is 3.16. The molecule has 4 rings (SSSR count). The van der Waals surface area contributed by atoms with Crippen molar-refractivity contribution in [2.75, 3.05) is 33.0 Å². The van der Waals surface area contributed by atoms with Gasteiger partial charge in [-0.15, -0.1) is 4.52 Å². The summed E-state index contributed by atoms with van der Waals surface area (Å²) >= 11 is 0. The number of nitrogens with zero attached hydrogens (tertiary/aromatic N) is 4. The van der Waals surface area contributed by atoms with Gasteiger partial charge in [-0.2, -0.15) is 9.40 Å². The molecule has 1 saturated heterocycles. The molecular formula is C24H33N5O6PS+. The number of piperidine rings is 1. The molecule has 37 heavy (non-hydrogen) atoms. The Kier molecular flexibility index (Phi) is 8.42. The van der Waals surface area contributed by atoms with Crippen LogP contribution in [0.25, 0.3) is 22.4 Å². The predicted octanol–water partition coefficient (Wildman–Crippen LogP) is 3.46. The Morgan fingerprint density at radius 1 is 1.22 bits per heavy atom. The summed E-state index contributed by atoms with van der Waals surface area (Å²) in [4.78, 5) is 20.6. The van der Waals surface area contributed by atoms with E-state index in [2.05, 4.69) is 10.1 Å². The minimum absolute atomic E-state index is 0.0927. The largest absolute Gasteiger partial charge is 0.508 e. The highest BCUT2D eigenvalue weighted by molar-refractivity contribution is 7.89. The Bertz CT molecular complexity index is 1460. The highest BCUT2D eigenvalue weighted by Crippen LogP contribution is 2.34. The van der Waals surface area contributed by atoms with Crippen LogP contribution < -0.4 is 10.3 Å². The topological polar surface area (TPSA) is 136 Å². The monoisotopic (exact) mass is 550 g/mol. The number of aryl methyl sites for hydroxylation is 2. The Morgan fingerprint density at radius 2 is 1.95 bits per heavy atom. The lowest BCUT2D eigenvalue weighted by Gasteiger charge is -2.29. The van der Waals surface area contributed by atoms with Gasteiger partial charge in [-0.3, -0.25) is 9.48 Å². The van der Waals surface area contributed by atoms with Crippen molar-refractivity contribution in [1.82, 2.24) is 24.1 Å². The van der Waals surface area contributed by atoms with Crippen molar-refractivity contribution in [3.8, 4) is 17.1 Å². The van der Waals surface area contributed by atoms with Crippen LogP contribution in [0.2, 0.25) is 0 Å². The molecule has 1 unspecified atom stereocenters. The van der Waals surface area contributed by atoms with Gasteiger partial charge in [0.2, 0.25) is 10.0 Å². The van der Waals surface area contributed by atoms with Crippen LogP contribution in [0.15, 0.2) is 27.9 Å². The summed E-state index contributed by atoms with van der Waals surface area (Å²) in [5.74, 6) is 0.807. The summed E-state index contributed by atoms with van der Waals surface area (Å²) in [5, 5.41) is 4.46. The molecule has 1 aromatic carbocycles. The highest BCUT2D eigenvalue weighted by Gasteiger charge is 2.33. The second-order valence-electron chi connectivity index (χ2n) is 9.07. The van der Waals surface area contributed by atoms with E-state index >= 15 is 0 Å². The molecular weight excluding hydrogens is 517 g/mol. The van der Waals surface area contributed by atoms with Gasteiger partial charge in [0.15, 0.2) is 11.7 Å². The maximum atomic E-state index is 13.5. The summed E-state index contributed by atoms with van der Waals surface area (Å²) in [6, 6.07) is 4.62. The molecule has 0 bridgehead atoms. The molecule has 3 heterocycles. The van der Waals surface area contributed by atoms with E-state index in [1.807, 2.05) is 13.8 Å². The van der Waals surface area contributed by atoms with Gasteiger partial charge >= 0.3 is 8.03 Å². The maximum absolute atomic E-state index is 13.5. The maximum Gasteiger partial charge on any atom is 0.508 e. The Morgan fingerprint density at radius 3 is 2.59 bits per heavy atom. The van der Waals surface area contributed by atoms with Crippen LogP contribution in [0.4, 0.5) is 0 Å². The van der Waals surface area contributed by atoms with Crippen molar-refractivity contribution in [1.29, 1.82) is 0 Å². The fourth-order valence-corrected chi connectivity index (χ4v) is 7.11. The second-order valence-corrected chi connectivity index (χ2v) is 12.4. The van der Waals surface area contributed by atoms with Crippen LogP contribution in [-0.4, -0.2) is 65.4 Å². The lowest BCUT2D eigenvalue weighted by atomic mass is 10.0. The van der Waals surface area contributed by atoms with Gasteiger partial charge < -0.3 is 9.72 Å². The molecule has 1 aliphatic heterocycles. The molecule has 0 aliphatic carbocycles. The van der Waals surface area contributed by atoms with Gasteiger partial charge in [0.25, 0.3) is 5.56 Å². The third kappa shape index (κ3) is 5.62. The average Bonchev–Trinajstić information content (AvgIpc) is 3.20. The van der Waals surface area contributed by atoms with Crippen LogP contribution in [0.5, 0.6) is 5.75 Å². The summed E-state index contributed by atoms with van der Waals surface area (Å²) in [6.45, 7) is 4.88. The number of sulfonamides is 1. The number of benzene rings is 1. The molecule has 11 nitrogen and oxygen atoms in total. The normalized spacial score (nSPS) is 15.8. The van der Waals surface area contributed by atoms with Crippen LogP contribution in [0, 0.1) is 5.92 Å². The minimum atomic E-state index is -3.81. The molecule has 2 aromatic heterocycles. The molecule has 1 aliphatic rings. The zero-order valence-electron chi connectivity index (χ0n) is 21.6. The van der Waals surface area contributed by atoms with Crippen LogP contribution in [0.1, 0.15) is 38.8 Å². The third-order valence-corrected chi connectivity index (χ3v) is 9.69.